The van der Waals surface area contributed by atoms with E-state index in [1.54, 1.807) is 12.4 Å². The molecule has 0 atom stereocenters. The molecule has 0 bridgehead atoms. The van der Waals surface area contributed by atoms with Crippen LogP contribution in [0.2, 0.25) is 0 Å². The molecule has 1 N–H and O–H groups in total. The van der Waals surface area contributed by atoms with Gasteiger partial charge in [0.2, 0.25) is 0 Å². The molecule has 4 rings (SSSR count). The maximum atomic E-state index is 13.8. The predicted octanol–water partition coefficient (Wildman–Crippen LogP) is 4.27. The van der Waals surface area contributed by atoms with Gasteiger partial charge in [-0.2, -0.15) is 18.3 Å². The van der Waals surface area contributed by atoms with Gasteiger partial charge in [-0.3, -0.25) is 14.8 Å². The van der Waals surface area contributed by atoms with Crippen molar-refractivity contribution in [1.82, 2.24) is 30.0 Å². The van der Waals surface area contributed by atoms with Gasteiger partial charge in [-0.25, -0.2) is 9.67 Å². The average molecular weight is 458 g/mol. The molecule has 33 heavy (non-hydrogen) atoms. The van der Waals surface area contributed by atoms with E-state index in [9.17, 15) is 18.0 Å². The summed E-state index contributed by atoms with van der Waals surface area (Å²) in [6.45, 7) is 2.04. The van der Waals surface area contributed by atoms with Gasteiger partial charge in [0, 0.05) is 42.9 Å². The molecule has 0 saturated heterocycles. The van der Waals surface area contributed by atoms with Crippen LogP contribution in [-0.4, -0.2) is 37.2 Å². The van der Waals surface area contributed by atoms with E-state index in [1.807, 2.05) is 19.1 Å². The fourth-order valence-corrected chi connectivity index (χ4v) is 4.48. The van der Waals surface area contributed by atoms with Crippen molar-refractivity contribution in [1.29, 1.82) is 0 Å². The molecular weight excluding hydrogens is 433 g/mol. The Morgan fingerprint density at radius 1 is 1.15 bits per heavy atom. The van der Waals surface area contributed by atoms with Gasteiger partial charge < -0.3 is 5.32 Å². The van der Waals surface area contributed by atoms with E-state index in [2.05, 4.69) is 25.4 Å². The quantitative estimate of drug-likeness (QED) is 0.596. The van der Waals surface area contributed by atoms with Gasteiger partial charge in [0.15, 0.2) is 11.5 Å². The molecular formula is C23H25F3N6O. The van der Waals surface area contributed by atoms with Gasteiger partial charge in [-0.05, 0) is 30.9 Å². The zero-order chi connectivity index (χ0) is 23.5. The summed E-state index contributed by atoms with van der Waals surface area (Å²) < 4.78 is 42.3. The lowest BCUT2D eigenvalue weighted by Gasteiger charge is -2.37. The van der Waals surface area contributed by atoms with Crippen molar-refractivity contribution in [3.63, 3.8) is 0 Å². The third kappa shape index (κ3) is 4.74. The Bertz CT molecular complexity index is 1110. The molecule has 1 fully saturated rings. The number of aryl methyl sites for hydroxylation is 1. The Morgan fingerprint density at radius 3 is 2.58 bits per heavy atom. The lowest BCUT2D eigenvalue weighted by atomic mass is 9.70. The molecule has 7 nitrogen and oxygen atoms in total. The Balaban J connectivity index is 1.64. The van der Waals surface area contributed by atoms with Gasteiger partial charge in [-0.15, -0.1) is 0 Å². The molecule has 3 aromatic rings. The normalized spacial score (nSPS) is 15.9. The number of rotatable bonds is 6. The number of aromatic nitrogens is 5. The number of hydrogen-bond donors (Lipinski definition) is 1. The number of alkyl halides is 3. The minimum absolute atomic E-state index is 0.170. The molecule has 0 aromatic carbocycles. The summed E-state index contributed by atoms with van der Waals surface area (Å²) in [7, 11) is 0. The minimum Gasteiger partial charge on any atom is -0.351 e. The van der Waals surface area contributed by atoms with Crippen molar-refractivity contribution in [3.05, 3.63) is 65.6 Å². The smallest absolute Gasteiger partial charge is 0.351 e. The fraction of sp³-hybridized carbons (Fsp3) is 0.435. The van der Waals surface area contributed by atoms with Crippen LogP contribution in [0.4, 0.5) is 13.2 Å². The van der Waals surface area contributed by atoms with E-state index < -0.39 is 23.3 Å². The van der Waals surface area contributed by atoms with Crippen molar-refractivity contribution in [2.45, 2.75) is 57.0 Å². The minimum atomic E-state index is -4.79. The Labute approximate surface area is 189 Å². The van der Waals surface area contributed by atoms with Gasteiger partial charge in [0.1, 0.15) is 0 Å². The Kier molecular flexibility index (Phi) is 6.44. The first-order valence-electron chi connectivity index (χ1n) is 11.0. The van der Waals surface area contributed by atoms with Crippen molar-refractivity contribution in [2.75, 3.05) is 6.54 Å². The molecule has 0 aliphatic heterocycles. The number of nitrogens with one attached hydrogen (secondary N) is 1. The summed E-state index contributed by atoms with van der Waals surface area (Å²) in [5.41, 5.74) is -0.655. The highest BCUT2D eigenvalue weighted by Crippen LogP contribution is 2.39. The number of carbonyl (C=O) groups excluding carboxylic acids is 1. The number of carbonyl (C=O) groups is 1. The van der Waals surface area contributed by atoms with Crippen LogP contribution in [0.1, 0.15) is 66.3 Å². The zero-order valence-electron chi connectivity index (χ0n) is 18.3. The molecule has 0 radical (unpaired) electrons. The summed E-state index contributed by atoms with van der Waals surface area (Å²) in [5, 5.41) is 6.43. The van der Waals surface area contributed by atoms with Gasteiger partial charge in [-0.1, -0.05) is 32.3 Å². The molecule has 1 aliphatic rings. The van der Waals surface area contributed by atoms with Crippen molar-refractivity contribution in [3.8, 4) is 5.82 Å². The van der Waals surface area contributed by atoms with E-state index >= 15 is 0 Å². The van der Waals surface area contributed by atoms with E-state index in [0.29, 0.717) is 12.1 Å². The maximum Gasteiger partial charge on any atom is 0.435 e. The summed E-state index contributed by atoms with van der Waals surface area (Å²) in [4.78, 5) is 25.5. The molecule has 1 saturated carbocycles. The highest BCUT2D eigenvalue weighted by atomic mass is 19.4. The van der Waals surface area contributed by atoms with Crippen LogP contribution >= 0.6 is 0 Å². The zero-order valence-corrected chi connectivity index (χ0v) is 18.3. The second kappa shape index (κ2) is 9.29. The van der Waals surface area contributed by atoms with Crippen LogP contribution < -0.4 is 5.32 Å². The van der Waals surface area contributed by atoms with Crippen LogP contribution in [0.5, 0.6) is 0 Å². The molecule has 1 aliphatic carbocycles. The number of nitrogens with zero attached hydrogens (tertiary/aromatic N) is 5. The topological polar surface area (TPSA) is 85.6 Å². The van der Waals surface area contributed by atoms with E-state index in [-0.39, 0.29) is 17.8 Å². The molecule has 0 spiro atoms. The molecule has 0 unspecified atom stereocenters. The molecule has 1 amide bonds. The Hall–Kier alpha value is -3.30. The molecule has 3 heterocycles. The fourth-order valence-electron chi connectivity index (χ4n) is 4.48. The van der Waals surface area contributed by atoms with Crippen LogP contribution in [-0.2, 0) is 18.0 Å². The summed E-state index contributed by atoms with van der Waals surface area (Å²) in [5.74, 6) is -0.645. The largest absolute Gasteiger partial charge is 0.435 e. The highest BCUT2D eigenvalue weighted by Gasteiger charge is 2.41. The highest BCUT2D eigenvalue weighted by molar-refractivity contribution is 5.95. The van der Waals surface area contributed by atoms with Gasteiger partial charge >= 0.3 is 6.18 Å². The number of amides is 1. The van der Waals surface area contributed by atoms with Crippen LogP contribution in [0.3, 0.4) is 0 Å². The van der Waals surface area contributed by atoms with E-state index in [0.717, 1.165) is 48.5 Å². The number of hydrogen-bond acceptors (Lipinski definition) is 5. The van der Waals surface area contributed by atoms with Crippen molar-refractivity contribution in [2.24, 2.45) is 0 Å². The second-order valence-electron chi connectivity index (χ2n) is 8.28. The molecule has 174 valence electrons. The predicted molar refractivity (Wildman–Crippen MR) is 115 cm³/mol. The van der Waals surface area contributed by atoms with Gasteiger partial charge in [0.25, 0.3) is 5.91 Å². The first kappa shape index (κ1) is 22.9. The number of halogens is 3. The summed E-state index contributed by atoms with van der Waals surface area (Å²) in [6.07, 6.45) is 7.79. The SMILES string of the molecule is CCc1nccnc1-n1cc(C(=O)NCC2(c3cccnc3)CCCCC2)c(C(F)(F)F)n1. The standard InChI is InChI=1S/C23H25F3N6O/c1-2-18-20(29-12-11-28-18)32-14-17(19(31-32)23(24,25)26)21(33)30-15-22(8-4-3-5-9-22)16-7-6-10-27-13-16/h6-7,10-14H,2-5,8-9,15H2,1H3,(H,30,33). The van der Waals surface area contributed by atoms with Gasteiger partial charge in [0.05, 0.1) is 11.3 Å². The first-order chi connectivity index (χ1) is 15.8. The first-order valence-corrected chi connectivity index (χ1v) is 11.0. The lowest BCUT2D eigenvalue weighted by molar-refractivity contribution is -0.141. The summed E-state index contributed by atoms with van der Waals surface area (Å²) in [6, 6.07) is 3.80. The molecule has 10 heteroatoms. The summed E-state index contributed by atoms with van der Waals surface area (Å²) >= 11 is 0. The van der Waals surface area contributed by atoms with Crippen LogP contribution in [0.15, 0.2) is 43.1 Å². The second-order valence-corrected chi connectivity index (χ2v) is 8.28. The Morgan fingerprint density at radius 2 is 1.91 bits per heavy atom. The van der Waals surface area contributed by atoms with Crippen molar-refractivity contribution < 1.29 is 18.0 Å². The molecule has 3 aromatic heterocycles. The van der Waals surface area contributed by atoms with Crippen LogP contribution in [0, 0.1) is 0 Å². The van der Waals surface area contributed by atoms with E-state index in [4.69, 9.17) is 0 Å². The van der Waals surface area contributed by atoms with Crippen molar-refractivity contribution >= 4 is 5.91 Å². The third-order valence-electron chi connectivity index (χ3n) is 6.20. The maximum absolute atomic E-state index is 13.8. The van der Waals surface area contributed by atoms with Crippen LogP contribution in [0.25, 0.3) is 5.82 Å². The monoisotopic (exact) mass is 458 g/mol. The number of pyridine rings is 1. The van der Waals surface area contributed by atoms with E-state index in [1.165, 1.54) is 12.4 Å². The lowest BCUT2D eigenvalue weighted by Crippen LogP contribution is -2.42. The third-order valence-corrected chi connectivity index (χ3v) is 6.20. The average Bonchev–Trinajstić information content (AvgIpc) is 3.30.